The van der Waals surface area contributed by atoms with Gasteiger partial charge < -0.3 is 9.84 Å². The number of fused-ring (bicyclic) bond motifs is 2. The fraction of sp³-hybridized carbons (Fsp3) is 0.467. The Balaban J connectivity index is 2.18. The minimum atomic E-state index is -1.97. The number of halogens is 1. The van der Waals surface area contributed by atoms with E-state index in [9.17, 15) is 14.7 Å². The van der Waals surface area contributed by atoms with Crippen molar-refractivity contribution in [1.29, 1.82) is 0 Å². The first-order chi connectivity index (χ1) is 10.5. The predicted molar refractivity (Wildman–Crippen MR) is 82.0 cm³/mol. The van der Waals surface area contributed by atoms with E-state index < -0.39 is 28.7 Å². The van der Waals surface area contributed by atoms with E-state index in [1.807, 2.05) is 31.2 Å². The van der Waals surface area contributed by atoms with Crippen LogP contribution in [0.4, 0.5) is 4.79 Å². The molecule has 3 atom stereocenters. The van der Waals surface area contributed by atoms with Gasteiger partial charge in [-0.3, -0.25) is 14.6 Å². The van der Waals surface area contributed by atoms with Gasteiger partial charge in [-0.05, 0) is 12.0 Å². The molecule has 3 amide bonds. The van der Waals surface area contributed by atoms with Crippen LogP contribution in [0.1, 0.15) is 35.5 Å². The number of rotatable bonds is 3. The van der Waals surface area contributed by atoms with E-state index in [2.05, 4.69) is 15.9 Å². The van der Waals surface area contributed by atoms with E-state index in [4.69, 9.17) is 4.74 Å². The minimum absolute atomic E-state index is 0.267. The molecule has 1 fully saturated rings. The van der Waals surface area contributed by atoms with E-state index in [-0.39, 0.29) is 6.54 Å². The fourth-order valence-corrected chi connectivity index (χ4v) is 3.98. The van der Waals surface area contributed by atoms with Gasteiger partial charge in [0.05, 0.1) is 4.83 Å². The van der Waals surface area contributed by atoms with Crippen molar-refractivity contribution in [3.8, 4) is 0 Å². The lowest BCUT2D eigenvalue weighted by Crippen LogP contribution is -2.57. The zero-order valence-corrected chi connectivity index (χ0v) is 13.9. The molecular formula is C15H17BrN2O4. The smallest absolute Gasteiger partial charge is 0.331 e. The molecule has 1 aromatic carbocycles. The van der Waals surface area contributed by atoms with Gasteiger partial charge in [-0.25, -0.2) is 4.79 Å². The molecule has 22 heavy (non-hydrogen) atoms. The third-order valence-corrected chi connectivity index (χ3v) is 5.29. The molecule has 3 rings (SSSR count). The van der Waals surface area contributed by atoms with Crippen LogP contribution in [-0.2, 0) is 9.53 Å². The Morgan fingerprint density at radius 2 is 1.95 bits per heavy atom. The number of aliphatic hydroxyl groups is 1. The number of hydrogen-bond acceptors (Lipinski definition) is 4. The second-order valence-corrected chi connectivity index (χ2v) is 6.33. The Kier molecular flexibility index (Phi) is 3.74. The summed E-state index contributed by atoms with van der Waals surface area (Å²) in [7, 11) is 1.46. The van der Waals surface area contributed by atoms with Gasteiger partial charge in [0.15, 0.2) is 6.23 Å². The Morgan fingerprint density at radius 3 is 2.55 bits per heavy atom. The number of amides is 3. The van der Waals surface area contributed by atoms with Gasteiger partial charge in [-0.1, -0.05) is 47.1 Å². The van der Waals surface area contributed by atoms with Crippen LogP contribution in [0.3, 0.4) is 0 Å². The van der Waals surface area contributed by atoms with E-state index in [0.717, 1.165) is 20.9 Å². The third-order valence-electron chi connectivity index (χ3n) is 4.16. The lowest BCUT2D eigenvalue weighted by atomic mass is 9.90. The molecule has 3 unspecified atom stereocenters. The summed E-state index contributed by atoms with van der Waals surface area (Å²) < 4.78 is 5.44. The highest BCUT2D eigenvalue weighted by molar-refractivity contribution is 9.09. The Hall–Kier alpha value is -1.44. The molecule has 2 heterocycles. The highest BCUT2D eigenvalue weighted by Gasteiger charge is 2.65. The highest BCUT2D eigenvalue weighted by atomic mass is 79.9. The number of ether oxygens (including phenoxy) is 1. The van der Waals surface area contributed by atoms with Crippen molar-refractivity contribution in [3.63, 3.8) is 0 Å². The molecule has 0 bridgehead atoms. The third kappa shape index (κ3) is 1.79. The summed E-state index contributed by atoms with van der Waals surface area (Å²) in [5.74, 6) is -0.613. The van der Waals surface area contributed by atoms with Gasteiger partial charge in [-0.2, -0.15) is 0 Å². The van der Waals surface area contributed by atoms with Crippen molar-refractivity contribution in [1.82, 2.24) is 9.80 Å². The molecule has 0 radical (unpaired) electrons. The second-order valence-electron chi connectivity index (χ2n) is 5.42. The summed E-state index contributed by atoms with van der Waals surface area (Å²) in [6.45, 7) is 2.14. The quantitative estimate of drug-likeness (QED) is 0.655. The molecule has 118 valence electrons. The number of carbonyl (C=O) groups is 2. The maximum absolute atomic E-state index is 12.7. The van der Waals surface area contributed by atoms with Crippen LogP contribution >= 0.6 is 15.9 Å². The molecule has 7 heteroatoms. The largest absolute Gasteiger partial charge is 0.362 e. The molecule has 1 saturated heterocycles. The van der Waals surface area contributed by atoms with Gasteiger partial charge in [-0.15, -0.1) is 0 Å². The first-order valence-electron chi connectivity index (χ1n) is 7.11. The summed E-state index contributed by atoms with van der Waals surface area (Å²) in [6.07, 6.45) is -0.174. The number of hydrogen-bond donors (Lipinski definition) is 1. The van der Waals surface area contributed by atoms with Crippen LogP contribution in [0.5, 0.6) is 0 Å². The molecule has 0 aromatic heterocycles. The minimum Gasteiger partial charge on any atom is -0.362 e. The number of imide groups is 1. The molecule has 0 saturated carbocycles. The summed E-state index contributed by atoms with van der Waals surface area (Å²) in [6, 6.07) is 6.78. The summed E-state index contributed by atoms with van der Waals surface area (Å²) in [5.41, 5.74) is -0.468. The molecule has 0 spiro atoms. The monoisotopic (exact) mass is 368 g/mol. The van der Waals surface area contributed by atoms with Gasteiger partial charge in [0.25, 0.3) is 5.91 Å². The summed E-state index contributed by atoms with van der Waals surface area (Å²) in [5, 5.41) is 11.1. The maximum atomic E-state index is 12.7. The SMILES string of the molecule is CCCN1C(=O)N2C(OC)c3ccccc3C(Br)C2(O)C1=O. The number of nitrogens with zero attached hydrogens (tertiary/aromatic N) is 2. The zero-order valence-electron chi connectivity index (χ0n) is 12.3. The van der Waals surface area contributed by atoms with Crippen LogP contribution in [0.15, 0.2) is 24.3 Å². The Bertz CT molecular complexity index is 623. The molecule has 2 aliphatic rings. The van der Waals surface area contributed by atoms with Crippen LogP contribution in [-0.4, -0.2) is 46.2 Å². The standard InChI is InChI=1S/C15H17BrN2O4/c1-3-8-17-13(19)15(21)11(16)9-6-4-5-7-10(9)12(22-2)18(15)14(17)20/h4-7,11-12,21H,3,8H2,1-2H3. The Labute approximate surface area is 136 Å². The van der Waals surface area contributed by atoms with E-state index in [1.54, 1.807) is 0 Å². The molecule has 1 aromatic rings. The first kappa shape index (κ1) is 15.5. The molecule has 6 nitrogen and oxygen atoms in total. The topological polar surface area (TPSA) is 70.1 Å². The van der Waals surface area contributed by atoms with Crippen LogP contribution in [0, 0.1) is 0 Å². The van der Waals surface area contributed by atoms with Crippen molar-refractivity contribution in [3.05, 3.63) is 35.4 Å². The number of benzene rings is 1. The molecular weight excluding hydrogens is 352 g/mol. The lowest BCUT2D eigenvalue weighted by Gasteiger charge is -2.43. The van der Waals surface area contributed by atoms with E-state index >= 15 is 0 Å². The van der Waals surface area contributed by atoms with Crippen LogP contribution < -0.4 is 0 Å². The van der Waals surface area contributed by atoms with Crippen molar-refractivity contribution in [2.45, 2.75) is 30.1 Å². The van der Waals surface area contributed by atoms with Crippen molar-refractivity contribution in [2.24, 2.45) is 0 Å². The average Bonchev–Trinajstić information content (AvgIpc) is 2.72. The predicted octanol–water partition coefficient (Wildman–Crippen LogP) is 2.14. The number of carbonyl (C=O) groups excluding carboxylic acids is 2. The molecule has 1 N–H and O–H groups in total. The van der Waals surface area contributed by atoms with Crippen molar-refractivity contribution < 1.29 is 19.4 Å². The fourth-order valence-electron chi connectivity index (χ4n) is 3.15. The number of urea groups is 1. The maximum Gasteiger partial charge on any atom is 0.331 e. The van der Waals surface area contributed by atoms with Crippen molar-refractivity contribution in [2.75, 3.05) is 13.7 Å². The van der Waals surface area contributed by atoms with E-state index in [1.165, 1.54) is 7.11 Å². The van der Waals surface area contributed by atoms with Gasteiger partial charge >= 0.3 is 6.03 Å². The highest BCUT2D eigenvalue weighted by Crippen LogP contribution is 2.52. The normalized spacial score (nSPS) is 30.5. The molecule has 0 aliphatic carbocycles. The summed E-state index contributed by atoms with van der Waals surface area (Å²) >= 11 is 3.41. The summed E-state index contributed by atoms with van der Waals surface area (Å²) in [4.78, 5) is 26.8. The number of alkyl halides is 1. The van der Waals surface area contributed by atoms with E-state index in [0.29, 0.717) is 6.42 Å². The van der Waals surface area contributed by atoms with Gasteiger partial charge in [0.2, 0.25) is 5.72 Å². The Morgan fingerprint density at radius 1 is 1.32 bits per heavy atom. The number of methoxy groups -OCH3 is 1. The zero-order chi connectivity index (χ0) is 16.1. The van der Waals surface area contributed by atoms with Crippen molar-refractivity contribution >= 4 is 27.9 Å². The van der Waals surface area contributed by atoms with Crippen LogP contribution in [0.2, 0.25) is 0 Å². The lowest BCUT2D eigenvalue weighted by molar-refractivity contribution is -0.174. The van der Waals surface area contributed by atoms with Gasteiger partial charge in [0.1, 0.15) is 0 Å². The van der Waals surface area contributed by atoms with Gasteiger partial charge in [0, 0.05) is 19.2 Å². The molecule has 2 aliphatic heterocycles. The average molecular weight is 369 g/mol. The first-order valence-corrected chi connectivity index (χ1v) is 8.03. The van der Waals surface area contributed by atoms with Crippen LogP contribution in [0.25, 0.3) is 0 Å². The second kappa shape index (κ2) is 5.33.